The second kappa shape index (κ2) is 7.00. The lowest BCUT2D eigenvalue weighted by Crippen LogP contribution is -2.22. The smallest absolute Gasteiger partial charge is 0.337 e. The summed E-state index contributed by atoms with van der Waals surface area (Å²) >= 11 is 0. The van der Waals surface area contributed by atoms with Crippen molar-refractivity contribution in [3.63, 3.8) is 0 Å². The van der Waals surface area contributed by atoms with Crippen molar-refractivity contribution in [2.24, 2.45) is 0 Å². The lowest BCUT2D eigenvalue weighted by molar-refractivity contribution is 0.415. The van der Waals surface area contributed by atoms with Crippen molar-refractivity contribution in [2.45, 2.75) is 6.92 Å². The van der Waals surface area contributed by atoms with Gasteiger partial charge in [-0.25, -0.2) is 4.79 Å². The van der Waals surface area contributed by atoms with Gasteiger partial charge in [0.25, 0.3) is 0 Å². The fourth-order valence-corrected chi connectivity index (χ4v) is 3.13. The molecule has 4 nitrogen and oxygen atoms in total. The monoisotopic (exact) mass is 356 g/mol. The van der Waals surface area contributed by atoms with Crippen LogP contribution in [-0.2, 0) is 0 Å². The fraction of sp³-hybridized carbons (Fsp3) is 0.0870. The van der Waals surface area contributed by atoms with Gasteiger partial charge in [0.15, 0.2) is 0 Å². The molecule has 0 N–H and O–H groups in total. The number of hydrogen-bond acceptors (Lipinski definition) is 2. The van der Waals surface area contributed by atoms with Gasteiger partial charge in [-0.15, -0.1) is 0 Å². The maximum atomic E-state index is 13.3. The molecule has 134 valence electrons. The second-order valence-electron chi connectivity index (χ2n) is 6.40. The molecule has 0 unspecified atom stereocenters. The molecule has 1 heterocycles. The Kier molecular flexibility index (Phi) is 4.38. The van der Waals surface area contributed by atoms with E-state index in [1.54, 1.807) is 16.2 Å². The number of imidazole rings is 1. The Morgan fingerprint density at radius 1 is 0.778 bits per heavy atom. The number of nitrogens with zero attached hydrogens (tertiary/aromatic N) is 2. The summed E-state index contributed by atoms with van der Waals surface area (Å²) in [6.45, 7) is 2.03. The quantitative estimate of drug-likeness (QED) is 0.535. The molecule has 27 heavy (non-hydrogen) atoms. The highest BCUT2D eigenvalue weighted by Crippen LogP contribution is 2.25. The zero-order valence-electron chi connectivity index (χ0n) is 15.3. The molecule has 0 saturated carbocycles. The minimum absolute atomic E-state index is 0.101. The van der Waals surface area contributed by atoms with Crippen LogP contribution in [0.2, 0.25) is 0 Å². The minimum Gasteiger partial charge on any atom is -0.497 e. The molecule has 0 aliphatic rings. The van der Waals surface area contributed by atoms with Crippen LogP contribution in [0.4, 0.5) is 0 Å². The maximum Gasteiger partial charge on any atom is 0.337 e. The van der Waals surface area contributed by atoms with E-state index in [0.29, 0.717) is 0 Å². The molecule has 4 aromatic rings. The molecule has 0 aliphatic heterocycles. The maximum absolute atomic E-state index is 13.3. The highest BCUT2D eigenvalue weighted by molar-refractivity contribution is 5.63. The summed E-state index contributed by atoms with van der Waals surface area (Å²) in [7, 11) is 1.64. The normalized spacial score (nSPS) is 10.7. The summed E-state index contributed by atoms with van der Waals surface area (Å²) in [5.41, 5.74) is 4.51. The van der Waals surface area contributed by atoms with Crippen LogP contribution in [0, 0.1) is 6.92 Å². The number of rotatable bonds is 4. The van der Waals surface area contributed by atoms with Crippen molar-refractivity contribution >= 4 is 0 Å². The standard InChI is InChI=1S/C23H20N2O2/c1-17-8-12-19(13-9-17)24-16-22(18-10-14-21(27-2)15-11-18)25(23(24)26)20-6-4-3-5-7-20/h3-16H,1-2H3. The van der Waals surface area contributed by atoms with E-state index in [4.69, 9.17) is 4.74 Å². The van der Waals surface area contributed by atoms with Gasteiger partial charge >= 0.3 is 5.69 Å². The highest BCUT2D eigenvalue weighted by Gasteiger charge is 2.15. The van der Waals surface area contributed by atoms with Gasteiger partial charge < -0.3 is 4.74 Å². The van der Waals surface area contributed by atoms with E-state index in [0.717, 1.165) is 33.9 Å². The zero-order valence-corrected chi connectivity index (χ0v) is 15.3. The minimum atomic E-state index is -0.101. The average molecular weight is 356 g/mol. The fourth-order valence-electron chi connectivity index (χ4n) is 3.13. The Labute approximate surface area is 157 Å². The van der Waals surface area contributed by atoms with E-state index in [2.05, 4.69) is 0 Å². The van der Waals surface area contributed by atoms with Crippen LogP contribution in [0.1, 0.15) is 5.56 Å². The van der Waals surface area contributed by atoms with Gasteiger partial charge in [0.1, 0.15) is 5.75 Å². The highest BCUT2D eigenvalue weighted by atomic mass is 16.5. The Morgan fingerprint density at radius 3 is 2.07 bits per heavy atom. The van der Waals surface area contributed by atoms with E-state index in [9.17, 15) is 4.79 Å². The van der Waals surface area contributed by atoms with Crippen molar-refractivity contribution in [1.82, 2.24) is 9.13 Å². The lowest BCUT2D eigenvalue weighted by Gasteiger charge is -2.08. The molecular formula is C23H20N2O2. The summed E-state index contributed by atoms with van der Waals surface area (Å²) in [4.78, 5) is 13.3. The first-order valence-corrected chi connectivity index (χ1v) is 8.78. The number of hydrogen-bond donors (Lipinski definition) is 0. The van der Waals surface area contributed by atoms with Crippen LogP contribution in [0.5, 0.6) is 5.75 Å². The van der Waals surface area contributed by atoms with Gasteiger partial charge in [0.2, 0.25) is 0 Å². The van der Waals surface area contributed by atoms with E-state index in [1.165, 1.54) is 0 Å². The third-order valence-corrected chi connectivity index (χ3v) is 4.60. The second-order valence-corrected chi connectivity index (χ2v) is 6.40. The third kappa shape index (κ3) is 3.17. The summed E-state index contributed by atoms with van der Waals surface area (Å²) in [5, 5.41) is 0. The molecule has 4 rings (SSSR count). The van der Waals surface area contributed by atoms with Gasteiger partial charge in [-0.3, -0.25) is 9.13 Å². The first kappa shape index (κ1) is 16.9. The molecule has 4 heteroatoms. The topological polar surface area (TPSA) is 36.2 Å². The van der Waals surface area contributed by atoms with E-state index in [1.807, 2.05) is 92.0 Å². The molecule has 0 bridgehead atoms. The Morgan fingerprint density at radius 2 is 1.44 bits per heavy atom. The van der Waals surface area contributed by atoms with Gasteiger partial charge in [-0.05, 0) is 55.5 Å². The molecule has 0 radical (unpaired) electrons. The van der Waals surface area contributed by atoms with Gasteiger partial charge in [0.05, 0.1) is 24.2 Å². The van der Waals surface area contributed by atoms with Crippen molar-refractivity contribution in [1.29, 1.82) is 0 Å². The zero-order chi connectivity index (χ0) is 18.8. The molecule has 0 aliphatic carbocycles. The number of para-hydroxylation sites is 1. The molecule has 0 fully saturated rings. The third-order valence-electron chi connectivity index (χ3n) is 4.60. The average Bonchev–Trinajstić information content (AvgIpc) is 3.06. The van der Waals surface area contributed by atoms with Gasteiger partial charge in [-0.1, -0.05) is 35.9 Å². The molecule has 3 aromatic carbocycles. The van der Waals surface area contributed by atoms with Crippen LogP contribution in [-0.4, -0.2) is 16.2 Å². The first-order chi connectivity index (χ1) is 13.2. The number of ether oxygens (including phenoxy) is 1. The van der Waals surface area contributed by atoms with Crippen LogP contribution >= 0.6 is 0 Å². The molecule has 1 aromatic heterocycles. The summed E-state index contributed by atoms with van der Waals surface area (Å²) < 4.78 is 8.68. The molecular weight excluding hydrogens is 336 g/mol. The largest absolute Gasteiger partial charge is 0.497 e. The van der Waals surface area contributed by atoms with Crippen molar-refractivity contribution < 1.29 is 4.74 Å². The van der Waals surface area contributed by atoms with Gasteiger partial charge in [0, 0.05) is 11.8 Å². The molecule has 0 atom stereocenters. The molecule has 0 saturated heterocycles. The van der Waals surface area contributed by atoms with Crippen molar-refractivity contribution in [3.8, 4) is 28.4 Å². The van der Waals surface area contributed by atoms with E-state index < -0.39 is 0 Å². The summed E-state index contributed by atoms with van der Waals surface area (Å²) in [6.07, 6.45) is 1.89. The van der Waals surface area contributed by atoms with E-state index >= 15 is 0 Å². The molecule has 0 amide bonds. The van der Waals surface area contributed by atoms with E-state index in [-0.39, 0.29) is 5.69 Å². The number of aryl methyl sites for hydroxylation is 1. The summed E-state index contributed by atoms with van der Waals surface area (Å²) in [5.74, 6) is 0.783. The number of aromatic nitrogens is 2. The number of benzene rings is 3. The Balaban J connectivity index is 1.94. The SMILES string of the molecule is COc1ccc(-c2cn(-c3ccc(C)cc3)c(=O)n2-c2ccccc2)cc1. The Bertz CT molecular complexity index is 1110. The summed E-state index contributed by atoms with van der Waals surface area (Å²) in [6, 6.07) is 25.4. The van der Waals surface area contributed by atoms with Crippen LogP contribution in [0.25, 0.3) is 22.6 Å². The molecule has 0 spiro atoms. The van der Waals surface area contributed by atoms with Gasteiger partial charge in [-0.2, -0.15) is 0 Å². The van der Waals surface area contributed by atoms with Crippen LogP contribution < -0.4 is 10.4 Å². The van der Waals surface area contributed by atoms with Crippen LogP contribution in [0.3, 0.4) is 0 Å². The first-order valence-electron chi connectivity index (χ1n) is 8.78. The lowest BCUT2D eigenvalue weighted by atomic mass is 10.1. The number of methoxy groups -OCH3 is 1. The predicted molar refractivity (Wildman–Crippen MR) is 108 cm³/mol. The predicted octanol–water partition coefficient (Wildman–Crippen LogP) is 4.61. The van der Waals surface area contributed by atoms with Crippen molar-refractivity contribution in [2.75, 3.05) is 7.11 Å². The van der Waals surface area contributed by atoms with Crippen LogP contribution in [0.15, 0.2) is 89.9 Å². The van der Waals surface area contributed by atoms with Crippen molar-refractivity contribution in [3.05, 3.63) is 101 Å². The Hall–Kier alpha value is -3.53.